The maximum atomic E-state index is 12.3. The first-order chi connectivity index (χ1) is 14.9. The number of benzene rings is 3. The fourth-order valence-electron chi connectivity index (χ4n) is 3.12. The molecule has 1 amide bonds. The number of aryl methyl sites for hydroxylation is 1. The number of methoxy groups -OCH3 is 1. The summed E-state index contributed by atoms with van der Waals surface area (Å²) in [5.41, 5.74) is 4.73. The molecule has 0 saturated carbocycles. The Labute approximate surface area is 189 Å². The van der Waals surface area contributed by atoms with E-state index in [0.29, 0.717) is 32.9 Å². The van der Waals surface area contributed by atoms with Gasteiger partial charge in [-0.2, -0.15) is 0 Å². The second kappa shape index (κ2) is 8.84. The van der Waals surface area contributed by atoms with E-state index in [2.05, 4.69) is 10.3 Å². The Kier molecular flexibility index (Phi) is 5.98. The Morgan fingerprint density at radius 2 is 1.87 bits per heavy atom. The summed E-state index contributed by atoms with van der Waals surface area (Å²) >= 11 is 12.2. The first-order valence-electron chi connectivity index (χ1n) is 9.42. The SMILES string of the molecule is COc1c(Cl)cc(Cl)cc1/C=C/C(=O)Nc1ccc(-c2nc3ccc(C)cc3o2)cc1. The topological polar surface area (TPSA) is 64.4 Å². The van der Waals surface area contributed by atoms with Gasteiger partial charge in [0.15, 0.2) is 5.58 Å². The zero-order valence-corrected chi connectivity index (χ0v) is 18.3. The van der Waals surface area contributed by atoms with E-state index in [1.807, 2.05) is 37.3 Å². The average molecular weight is 453 g/mol. The predicted molar refractivity (Wildman–Crippen MR) is 125 cm³/mol. The number of oxazole rings is 1. The zero-order chi connectivity index (χ0) is 22.0. The Morgan fingerprint density at radius 3 is 2.61 bits per heavy atom. The van der Waals surface area contributed by atoms with E-state index in [9.17, 15) is 4.79 Å². The van der Waals surface area contributed by atoms with Crippen molar-refractivity contribution in [1.82, 2.24) is 4.98 Å². The molecule has 1 N–H and O–H groups in total. The van der Waals surface area contributed by atoms with Gasteiger partial charge in [-0.15, -0.1) is 0 Å². The predicted octanol–water partition coefficient (Wildman–Crippen LogP) is 6.77. The number of aromatic nitrogens is 1. The van der Waals surface area contributed by atoms with Crippen LogP contribution >= 0.6 is 23.2 Å². The number of fused-ring (bicyclic) bond motifs is 1. The van der Waals surface area contributed by atoms with Crippen molar-refractivity contribution in [2.75, 3.05) is 12.4 Å². The summed E-state index contributed by atoms with van der Waals surface area (Å²) in [7, 11) is 1.51. The van der Waals surface area contributed by atoms with Gasteiger partial charge in [0.05, 0.1) is 12.1 Å². The number of carbonyl (C=O) groups is 1. The number of rotatable bonds is 5. The molecule has 0 fully saturated rings. The minimum atomic E-state index is -0.303. The number of nitrogens with one attached hydrogen (secondary N) is 1. The normalized spacial score (nSPS) is 11.2. The number of hydrogen-bond acceptors (Lipinski definition) is 4. The van der Waals surface area contributed by atoms with Crippen LogP contribution < -0.4 is 10.1 Å². The molecule has 0 aliphatic rings. The van der Waals surface area contributed by atoms with Crippen LogP contribution in [0.15, 0.2) is 65.1 Å². The maximum absolute atomic E-state index is 12.3. The number of nitrogens with zero attached hydrogens (tertiary/aromatic N) is 1. The van der Waals surface area contributed by atoms with Crippen LogP contribution in [0, 0.1) is 6.92 Å². The monoisotopic (exact) mass is 452 g/mol. The molecule has 0 aliphatic carbocycles. The standard InChI is InChI=1S/C24H18Cl2N2O3/c1-14-3-9-20-21(11-14)31-24(28-20)15-4-7-18(8-5-15)27-22(29)10-6-16-12-17(25)13-19(26)23(16)30-2/h3-13H,1-2H3,(H,27,29)/b10-6+. The lowest BCUT2D eigenvalue weighted by atomic mass is 10.1. The number of amides is 1. The van der Waals surface area contributed by atoms with Gasteiger partial charge in [-0.05, 0) is 67.1 Å². The van der Waals surface area contributed by atoms with Gasteiger partial charge in [-0.1, -0.05) is 29.3 Å². The lowest BCUT2D eigenvalue weighted by Gasteiger charge is -2.08. The fourth-order valence-corrected chi connectivity index (χ4v) is 3.71. The van der Waals surface area contributed by atoms with Gasteiger partial charge < -0.3 is 14.5 Å². The largest absolute Gasteiger partial charge is 0.495 e. The van der Waals surface area contributed by atoms with Crippen molar-refractivity contribution in [2.45, 2.75) is 6.92 Å². The van der Waals surface area contributed by atoms with Crippen LogP contribution in [-0.4, -0.2) is 18.0 Å². The molecule has 0 saturated heterocycles. The van der Waals surface area contributed by atoms with Crippen molar-refractivity contribution in [2.24, 2.45) is 0 Å². The zero-order valence-electron chi connectivity index (χ0n) is 16.8. The van der Waals surface area contributed by atoms with E-state index < -0.39 is 0 Å². The summed E-state index contributed by atoms with van der Waals surface area (Å²) in [6.07, 6.45) is 2.99. The molecule has 0 spiro atoms. The molecule has 0 bridgehead atoms. The molecule has 7 heteroatoms. The first kappa shape index (κ1) is 21.0. The van der Waals surface area contributed by atoms with Crippen LogP contribution in [0.25, 0.3) is 28.6 Å². The molecule has 31 heavy (non-hydrogen) atoms. The van der Waals surface area contributed by atoms with E-state index in [1.54, 1.807) is 30.3 Å². The van der Waals surface area contributed by atoms with E-state index in [0.717, 1.165) is 22.2 Å². The highest BCUT2D eigenvalue weighted by molar-refractivity contribution is 6.36. The molecule has 0 unspecified atom stereocenters. The van der Waals surface area contributed by atoms with E-state index >= 15 is 0 Å². The van der Waals surface area contributed by atoms with Crippen molar-refractivity contribution < 1.29 is 13.9 Å². The number of hydrogen-bond donors (Lipinski definition) is 1. The molecule has 1 heterocycles. The molecule has 4 rings (SSSR count). The molecule has 0 aliphatic heterocycles. The van der Waals surface area contributed by atoms with Crippen LogP contribution in [0.4, 0.5) is 5.69 Å². The molecule has 4 aromatic rings. The Bertz CT molecular complexity index is 1290. The highest BCUT2D eigenvalue weighted by atomic mass is 35.5. The lowest BCUT2D eigenvalue weighted by Crippen LogP contribution is -2.07. The third kappa shape index (κ3) is 4.74. The number of ether oxygens (including phenoxy) is 1. The van der Waals surface area contributed by atoms with Gasteiger partial charge in [-0.3, -0.25) is 4.79 Å². The van der Waals surface area contributed by atoms with Crippen LogP contribution in [0.3, 0.4) is 0 Å². The average Bonchev–Trinajstić information content (AvgIpc) is 3.15. The third-order valence-corrected chi connectivity index (χ3v) is 5.10. The van der Waals surface area contributed by atoms with Crippen LogP contribution in [-0.2, 0) is 4.79 Å². The van der Waals surface area contributed by atoms with Gasteiger partial charge in [-0.25, -0.2) is 4.98 Å². The smallest absolute Gasteiger partial charge is 0.248 e. The number of anilines is 1. The minimum Gasteiger partial charge on any atom is -0.495 e. The van der Waals surface area contributed by atoms with Crippen LogP contribution in [0.1, 0.15) is 11.1 Å². The lowest BCUT2D eigenvalue weighted by molar-refractivity contribution is -0.111. The molecule has 5 nitrogen and oxygen atoms in total. The summed E-state index contributed by atoms with van der Waals surface area (Å²) < 4.78 is 11.1. The van der Waals surface area contributed by atoms with Crippen LogP contribution in [0.5, 0.6) is 5.75 Å². The van der Waals surface area contributed by atoms with Gasteiger partial charge >= 0.3 is 0 Å². The molecule has 156 valence electrons. The van der Waals surface area contributed by atoms with Gasteiger partial charge in [0, 0.05) is 27.9 Å². The van der Waals surface area contributed by atoms with Gasteiger partial charge in [0.1, 0.15) is 11.3 Å². The van der Waals surface area contributed by atoms with E-state index in [1.165, 1.54) is 13.2 Å². The van der Waals surface area contributed by atoms with Crippen LogP contribution in [0.2, 0.25) is 10.0 Å². The van der Waals surface area contributed by atoms with Crippen molar-refractivity contribution in [3.63, 3.8) is 0 Å². The molecular formula is C24H18Cl2N2O3. The number of halogens is 2. The highest BCUT2D eigenvalue weighted by Gasteiger charge is 2.10. The van der Waals surface area contributed by atoms with Crippen molar-refractivity contribution in [3.05, 3.63) is 81.8 Å². The highest BCUT2D eigenvalue weighted by Crippen LogP contribution is 2.33. The second-order valence-corrected chi connectivity index (χ2v) is 7.74. The molecule has 0 radical (unpaired) electrons. The second-order valence-electron chi connectivity index (χ2n) is 6.90. The summed E-state index contributed by atoms with van der Waals surface area (Å²) in [4.78, 5) is 16.8. The fraction of sp³-hybridized carbons (Fsp3) is 0.0833. The van der Waals surface area contributed by atoms with Crippen molar-refractivity contribution >= 4 is 52.0 Å². The number of carbonyl (C=O) groups excluding carboxylic acids is 1. The Balaban J connectivity index is 1.47. The van der Waals surface area contributed by atoms with Gasteiger partial charge in [0.25, 0.3) is 0 Å². The quantitative estimate of drug-likeness (QED) is 0.339. The Hall–Kier alpha value is -3.28. The molecule has 0 atom stereocenters. The molecular weight excluding hydrogens is 435 g/mol. The summed E-state index contributed by atoms with van der Waals surface area (Å²) in [6.45, 7) is 2.00. The summed E-state index contributed by atoms with van der Waals surface area (Å²) in [5, 5.41) is 3.64. The summed E-state index contributed by atoms with van der Waals surface area (Å²) in [5.74, 6) is 0.680. The Morgan fingerprint density at radius 1 is 1.10 bits per heavy atom. The van der Waals surface area contributed by atoms with Crippen molar-refractivity contribution in [3.8, 4) is 17.2 Å². The minimum absolute atomic E-state index is 0.303. The van der Waals surface area contributed by atoms with E-state index in [4.69, 9.17) is 32.4 Å². The maximum Gasteiger partial charge on any atom is 0.248 e. The third-order valence-electron chi connectivity index (χ3n) is 4.60. The molecule has 1 aromatic heterocycles. The van der Waals surface area contributed by atoms with Crippen molar-refractivity contribution in [1.29, 1.82) is 0 Å². The van der Waals surface area contributed by atoms with Gasteiger partial charge in [0.2, 0.25) is 11.8 Å². The van der Waals surface area contributed by atoms with E-state index in [-0.39, 0.29) is 5.91 Å². The molecule has 3 aromatic carbocycles. The summed E-state index contributed by atoms with van der Waals surface area (Å²) in [6, 6.07) is 16.4. The first-order valence-corrected chi connectivity index (χ1v) is 10.2.